The fourth-order valence-corrected chi connectivity index (χ4v) is 4.88. The van der Waals surface area contributed by atoms with Crippen LogP contribution < -0.4 is 4.72 Å². The van der Waals surface area contributed by atoms with Gasteiger partial charge in [-0.2, -0.15) is 13.2 Å². The number of phenols is 2. The summed E-state index contributed by atoms with van der Waals surface area (Å²) < 4.78 is 65.9. The molecule has 0 atom stereocenters. The van der Waals surface area contributed by atoms with Crippen LogP contribution in [0.1, 0.15) is 42.7 Å². The van der Waals surface area contributed by atoms with E-state index in [1.807, 2.05) is 0 Å². The van der Waals surface area contributed by atoms with Crippen LogP contribution in [0.25, 0.3) is 0 Å². The molecular weight excluding hydrogens is 395 g/mol. The Morgan fingerprint density at radius 1 is 0.964 bits per heavy atom. The molecule has 0 saturated heterocycles. The van der Waals surface area contributed by atoms with Gasteiger partial charge in [-0.25, -0.2) is 13.1 Å². The summed E-state index contributed by atoms with van der Waals surface area (Å²) >= 11 is 0. The lowest BCUT2D eigenvalue weighted by Crippen LogP contribution is -2.37. The van der Waals surface area contributed by atoms with Crippen molar-refractivity contribution in [1.82, 2.24) is 4.72 Å². The molecular formula is C19H20F3NO4S. The first kappa shape index (κ1) is 20.5. The van der Waals surface area contributed by atoms with E-state index in [4.69, 9.17) is 0 Å². The predicted molar refractivity (Wildman–Crippen MR) is 96.5 cm³/mol. The summed E-state index contributed by atoms with van der Waals surface area (Å²) in [5.41, 5.74) is -0.320. The summed E-state index contributed by atoms with van der Waals surface area (Å²) in [5, 5.41) is 19.3. The maximum atomic E-state index is 12.8. The largest absolute Gasteiger partial charge is 0.508 e. The fourth-order valence-electron chi connectivity index (χ4n) is 3.53. The molecule has 0 bridgehead atoms. The Balaban J connectivity index is 1.67. The molecule has 2 aromatic rings. The van der Waals surface area contributed by atoms with Crippen LogP contribution >= 0.6 is 0 Å². The standard InChI is InChI=1S/C19H20F3NO4S/c20-19(21,22)13-2-1-3-16(10-13)28(26,27)23-14-6-4-12(5-7-14)17-9-8-15(24)11-18(17)25/h1-3,8-12,14,23-25H,4-7H2. The molecule has 1 fully saturated rings. The lowest BCUT2D eigenvalue weighted by atomic mass is 9.81. The van der Waals surface area contributed by atoms with Crippen molar-refractivity contribution in [2.75, 3.05) is 0 Å². The molecule has 9 heteroatoms. The highest BCUT2D eigenvalue weighted by Gasteiger charge is 2.32. The van der Waals surface area contributed by atoms with Crippen LogP contribution in [0, 0.1) is 0 Å². The van der Waals surface area contributed by atoms with E-state index in [0.29, 0.717) is 37.3 Å². The average Bonchev–Trinajstić information content (AvgIpc) is 2.62. The number of benzene rings is 2. The van der Waals surface area contributed by atoms with Gasteiger partial charge in [0.1, 0.15) is 11.5 Å². The molecule has 0 heterocycles. The van der Waals surface area contributed by atoms with Gasteiger partial charge in [0.2, 0.25) is 10.0 Å². The minimum atomic E-state index is -4.62. The highest BCUT2D eigenvalue weighted by Crippen LogP contribution is 2.38. The molecule has 0 aliphatic heterocycles. The SMILES string of the molecule is O=S(=O)(NC1CCC(c2ccc(O)cc2O)CC1)c1cccc(C(F)(F)F)c1. The number of halogens is 3. The first-order valence-corrected chi connectivity index (χ1v) is 10.3. The maximum absolute atomic E-state index is 12.8. The van der Waals surface area contributed by atoms with Gasteiger partial charge in [0.05, 0.1) is 10.5 Å². The van der Waals surface area contributed by atoms with Crippen molar-refractivity contribution >= 4 is 10.0 Å². The van der Waals surface area contributed by atoms with Crippen LogP contribution in [-0.4, -0.2) is 24.7 Å². The van der Waals surface area contributed by atoms with Crippen molar-refractivity contribution < 1.29 is 31.8 Å². The second kappa shape index (κ2) is 7.63. The van der Waals surface area contributed by atoms with E-state index >= 15 is 0 Å². The Morgan fingerprint density at radius 3 is 2.25 bits per heavy atom. The molecule has 3 rings (SSSR count). The number of nitrogens with one attached hydrogen (secondary N) is 1. The van der Waals surface area contributed by atoms with Gasteiger partial charge >= 0.3 is 6.18 Å². The fraction of sp³-hybridized carbons (Fsp3) is 0.368. The van der Waals surface area contributed by atoms with Crippen LogP contribution in [0.2, 0.25) is 0 Å². The zero-order valence-electron chi connectivity index (χ0n) is 14.8. The van der Waals surface area contributed by atoms with Gasteiger partial charge in [-0.05, 0) is 61.4 Å². The summed E-state index contributed by atoms with van der Waals surface area (Å²) in [6, 6.07) is 7.66. The van der Waals surface area contributed by atoms with E-state index in [9.17, 15) is 31.8 Å². The van der Waals surface area contributed by atoms with Crippen LogP contribution in [0.15, 0.2) is 47.4 Å². The van der Waals surface area contributed by atoms with Crippen molar-refractivity contribution in [1.29, 1.82) is 0 Å². The van der Waals surface area contributed by atoms with Gasteiger partial charge in [-0.1, -0.05) is 12.1 Å². The molecule has 28 heavy (non-hydrogen) atoms. The topological polar surface area (TPSA) is 86.6 Å². The molecule has 0 unspecified atom stereocenters. The third-order valence-corrected chi connectivity index (χ3v) is 6.49. The summed E-state index contributed by atoms with van der Waals surface area (Å²) in [4.78, 5) is -0.416. The third-order valence-electron chi connectivity index (χ3n) is 4.97. The number of hydrogen-bond donors (Lipinski definition) is 3. The number of hydrogen-bond acceptors (Lipinski definition) is 4. The molecule has 0 aromatic heterocycles. The first-order valence-electron chi connectivity index (χ1n) is 8.78. The Hall–Kier alpha value is -2.26. The van der Waals surface area contributed by atoms with Crippen molar-refractivity contribution in [3.8, 4) is 11.5 Å². The van der Waals surface area contributed by atoms with Crippen LogP contribution in [0.5, 0.6) is 11.5 Å². The smallest absolute Gasteiger partial charge is 0.416 e. The highest BCUT2D eigenvalue weighted by molar-refractivity contribution is 7.89. The lowest BCUT2D eigenvalue weighted by molar-refractivity contribution is -0.137. The Bertz CT molecular complexity index is 952. The monoisotopic (exact) mass is 415 g/mol. The normalized spacial score (nSPS) is 20.8. The van der Waals surface area contributed by atoms with Crippen LogP contribution in [0.3, 0.4) is 0 Å². The lowest BCUT2D eigenvalue weighted by Gasteiger charge is -2.29. The van der Waals surface area contributed by atoms with Gasteiger partial charge in [-0.3, -0.25) is 0 Å². The molecule has 2 aromatic carbocycles. The highest BCUT2D eigenvalue weighted by atomic mass is 32.2. The second-order valence-electron chi connectivity index (χ2n) is 6.94. The number of aromatic hydroxyl groups is 2. The average molecular weight is 415 g/mol. The van der Waals surface area contributed by atoms with E-state index in [1.165, 1.54) is 12.1 Å². The molecule has 0 amide bonds. The molecule has 0 spiro atoms. The first-order chi connectivity index (χ1) is 13.1. The molecule has 5 nitrogen and oxygen atoms in total. The minimum absolute atomic E-state index is 0.00648. The van der Waals surface area contributed by atoms with Crippen molar-refractivity contribution in [2.24, 2.45) is 0 Å². The Morgan fingerprint density at radius 2 is 1.64 bits per heavy atom. The predicted octanol–water partition coefficient (Wildman–Crippen LogP) is 4.12. The number of sulfonamides is 1. The summed E-state index contributed by atoms with van der Waals surface area (Å²) in [6.45, 7) is 0. The Kier molecular flexibility index (Phi) is 5.58. The van der Waals surface area contributed by atoms with Gasteiger partial charge < -0.3 is 10.2 Å². The van der Waals surface area contributed by atoms with E-state index in [-0.39, 0.29) is 17.4 Å². The second-order valence-corrected chi connectivity index (χ2v) is 8.65. The van der Waals surface area contributed by atoms with Crippen molar-refractivity contribution in [2.45, 2.75) is 48.7 Å². The van der Waals surface area contributed by atoms with Crippen molar-refractivity contribution in [3.63, 3.8) is 0 Å². The zero-order chi connectivity index (χ0) is 20.5. The summed E-state index contributed by atoms with van der Waals surface area (Å²) in [6.07, 6.45) is -2.43. The van der Waals surface area contributed by atoms with E-state index in [1.54, 1.807) is 6.07 Å². The molecule has 152 valence electrons. The van der Waals surface area contributed by atoms with Crippen molar-refractivity contribution in [3.05, 3.63) is 53.6 Å². The van der Waals surface area contributed by atoms with Gasteiger partial charge in [0.15, 0.2) is 0 Å². The number of alkyl halides is 3. The quantitative estimate of drug-likeness (QED) is 0.701. The maximum Gasteiger partial charge on any atom is 0.416 e. The number of rotatable bonds is 4. The molecule has 1 aliphatic rings. The summed E-state index contributed by atoms with van der Waals surface area (Å²) in [7, 11) is -4.07. The zero-order valence-corrected chi connectivity index (χ0v) is 15.6. The van der Waals surface area contributed by atoms with Gasteiger partial charge in [0, 0.05) is 12.1 Å². The molecule has 1 aliphatic carbocycles. The van der Waals surface area contributed by atoms with Crippen LogP contribution in [-0.2, 0) is 16.2 Å². The Labute approximate surface area is 160 Å². The molecule has 1 saturated carbocycles. The van der Waals surface area contributed by atoms with E-state index < -0.39 is 32.7 Å². The third kappa shape index (κ3) is 4.59. The summed E-state index contributed by atoms with van der Waals surface area (Å²) in [5.74, 6) is -0.0216. The van der Waals surface area contributed by atoms with Gasteiger partial charge in [-0.15, -0.1) is 0 Å². The molecule has 3 N–H and O–H groups in total. The number of phenolic OH excluding ortho intramolecular Hbond substituents is 2. The van der Waals surface area contributed by atoms with Gasteiger partial charge in [0.25, 0.3) is 0 Å². The minimum Gasteiger partial charge on any atom is -0.508 e. The molecule has 0 radical (unpaired) electrons. The van der Waals surface area contributed by atoms with E-state index in [0.717, 1.165) is 18.2 Å². The van der Waals surface area contributed by atoms with Crippen LogP contribution in [0.4, 0.5) is 13.2 Å². The van der Waals surface area contributed by atoms with E-state index in [2.05, 4.69) is 4.72 Å².